The molecule has 0 amide bonds. The van der Waals surface area contributed by atoms with Crippen LogP contribution in [0.4, 0.5) is 0 Å². The van der Waals surface area contributed by atoms with E-state index in [1.807, 2.05) is 0 Å². The second kappa shape index (κ2) is 8.31. The summed E-state index contributed by atoms with van der Waals surface area (Å²) in [4.78, 5) is 0. The fourth-order valence-corrected chi connectivity index (χ4v) is 2.92. The number of hydrogen-bond acceptors (Lipinski definition) is 2. The fraction of sp³-hybridized carbons (Fsp3) is 0.667. The predicted molar refractivity (Wildman–Crippen MR) is 87.6 cm³/mol. The Bertz CT molecular complexity index is 402. The highest BCUT2D eigenvalue weighted by molar-refractivity contribution is 5.37. The van der Waals surface area contributed by atoms with Crippen LogP contribution in [-0.2, 0) is 6.42 Å². The first-order chi connectivity index (χ1) is 9.54. The van der Waals surface area contributed by atoms with Gasteiger partial charge < -0.3 is 10.1 Å². The Morgan fingerprint density at radius 3 is 2.55 bits per heavy atom. The maximum Gasteiger partial charge on any atom is 0.122 e. The van der Waals surface area contributed by atoms with Gasteiger partial charge in [-0.05, 0) is 49.8 Å². The summed E-state index contributed by atoms with van der Waals surface area (Å²) in [5.74, 6) is 1.02. The number of methoxy groups -OCH3 is 1. The van der Waals surface area contributed by atoms with E-state index in [1.165, 1.54) is 30.4 Å². The van der Waals surface area contributed by atoms with Gasteiger partial charge in [-0.25, -0.2) is 0 Å². The van der Waals surface area contributed by atoms with Crippen LogP contribution in [0.25, 0.3) is 0 Å². The van der Waals surface area contributed by atoms with Crippen LogP contribution in [0.3, 0.4) is 0 Å². The molecule has 0 fully saturated rings. The second-order valence-corrected chi connectivity index (χ2v) is 6.23. The summed E-state index contributed by atoms with van der Waals surface area (Å²) in [5, 5.41) is 3.59. The van der Waals surface area contributed by atoms with Crippen LogP contribution in [-0.4, -0.2) is 20.2 Å². The van der Waals surface area contributed by atoms with Gasteiger partial charge in [0.2, 0.25) is 0 Å². The van der Waals surface area contributed by atoms with Crippen LogP contribution in [0.15, 0.2) is 18.2 Å². The van der Waals surface area contributed by atoms with Crippen molar-refractivity contribution in [2.45, 2.75) is 53.4 Å². The van der Waals surface area contributed by atoms with Crippen molar-refractivity contribution < 1.29 is 4.74 Å². The number of ether oxygens (including phenoxy) is 1. The zero-order valence-corrected chi connectivity index (χ0v) is 13.9. The summed E-state index contributed by atoms with van der Waals surface area (Å²) in [6, 6.07) is 6.48. The molecule has 0 aliphatic carbocycles. The highest BCUT2D eigenvalue weighted by Crippen LogP contribution is 2.32. The lowest BCUT2D eigenvalue weighted by molar-refractivity contribution is 0.271. The third kappa shape index (κ3) is 5.16. The van der Waals surface area contributed by atoms with Gasteiger partial charge in [0.15, 0.2) is 0 Å². The normalized spacial score (nSPS) is 14.1. The lowest BCUT2D eigenvalue weighted by atomic mass is 9.79. The lowest BCUT2D eigenvalue weighted by Gasteiger charge is -2.30. The van der Waals surface area contributed by atoms with Gasteiger partial charge in [-0.1, -0.05) is 44.9 Å². The van der Waals surface area contributed by atoms with Gasteiger partial charge >= 0.3 is 0 Å². The molecule has 1 aromatic carbocycles. The summed E-state index contributed by atoms with van der Waals surface area (Å²) in [7, 11) is 1.76. The molecule has 1 unspecified atom stereocenters. The SMILES string of the molecule is CCCNCC(C)(CCC)Cc1cc(C)ccc1OC. The van der Waals surface area contributed by atoms with Crippen molar-refractivity contribution in [2.24, 2.45) is 5.41 Å². The zero-order chi connectivity index (χ0) is 15.0. The summed E-state index contributed by atoms with van der Waals surface area (Å²) < 4.78 is 5.53. The van der Waals surface area contributed by atoms with Gasteiger partial charge in [-0.3, -0.25) is 0 Å². The Morgan fingerprint density at radius 1 is 1.20 bits per heavy atom. The highest BCUT2D eigenvalue weighted by atomic mass is 16.5. The molecular formula is C18H31NO. The van der Waals surface area contributed by atoms with E-state index in [9.17, 15) is 0 Å². The highest BCUT2D eigenvalue weighted by Gasteiger charge is 2.24. The van der Waals surface area contributed by atoms with E-state index in [4.69, 9.17) is 4.74 Å². The van der Waals surface area contributed by atoms with Crippen LogP contribution in [0.2, 0.25) is 0 Å². The predicted octanol–water partition coefficient (Wildman–Crippen LogP) is 4.35. The zero-order valence-electron chi connectivity index (χ0n) is 13.9. The van der Waals surface area contributed by atoms with E-state index < -0.39 is 0 Å². The average molecular weight is 277 g/mol. The second-order valence-electron chi connectivity index (χ2n) is 6.23. The molecule has 0 aromatic heterocycles. The van der Waals surface area contributed by atoms with Gasteiger partial charge in [0, 0.05) is 6.54 Å². The maximum absolute atomic E-state index is 5.53. The van der Waals surface area contributed by atoms with E-state index in [2.05, 4.69) is 51.2 Å². The average Bonchev–Trinajstić information content (AvgIpc) is 2.39. The third-order valence-electron chi connectivity index (χ3n) is 3.89. The molecule has 2 nitrogen and oxygen atoms in total. The van der Waals surface area contributed by atoms with Gasteiger partial charge in [-0.2, -0.15) is 0 Å². The lowest BCUT2D eigenvalue weighted by Crippen LogP contribution is -2.34. The Labute approximate surface area is 124 Å². The minimum absolute atomic E-state index is 0.297. The van der Waals surface area contributed by atoms with Crippen LogP contribution in [0.1, 0.15) is 51.2 Å². The topological polar surface area (TPSA) is 21.3 Å². The van der Waals surface area contributed by atoms with Crippen molar-refractivity contribution in [3.8, 4) is 5.75 Å². The van der Waals surface area contributed by atoms with Gasteiger partial charge in [0.05, 0.1) is 7.11 Å². The van der Waals surface area contributed by atoms with E-state index in [0.717, 1.165) is 25.3 Å². The molecule has 1 atom stereocenters. The molecule has 114 valence electrons. The summed E-state index contributed by atoms with van der Waals surface area (Å²) in [6.45, 7) is 11.2. The molecule has 1 rings (SSSR count). The molecule has 1 N–H and O–H groups in total. The molecule has 0 aliphatic rings. The quantitative estimate of drug-likeness (QED) is 0.677. The first-order valence-electron chi connectivity index (χ1n) is 7.89. The number of hydrogen-bond donors (Lipinski definition) is 1. The Hall–Kier alpha value is -1.02. The van der Waals surface area contributed by atoms with Crippen molar-refractivity contribution in [3.05, 3.63) is 29.3 Å². The van der Waals surface area contributed by atoms with E-state index >= 15 is 0 Å². The minimum atomic E-state index is 0.297. The molecule has 0 saturated carbocycles. The van der Waals surface area contributed by atoms with Crippen LogP contribution in [0.5, 0.6) is 5.75 Å². The number of rotatable bonds is 9. The van der Waals surface area contributed by atoms with E-state index in [1.54, 1.807) is 7.11 Å². The summed E-state index contributed by atoms with van der Waals surface area (Å²) in [6.07, 6.45) is 4.72. The molecular weight excluding hydrogens is 246 g/mol. The maximum atomic E-state index is 5.53. The standard InChI is InChI=1S/C18H31NO/c1-6-10-18(4,14-19-11-7-2)13-16-12-15(3)8-9-17(16)20-5/h8-9,12,19H,6-7,10-11,13-14H2,1-5H3. The van der Waals surface area contributed by atoms with Gasteiger partial charge in [0.25, 0.3) is 0 Å². The molecule has 20 heavy (non-hydrogen) atoms. The minimum Gasteiger partial charge on any atom is -0.496 e. The first kappa shape index (κ1) is 17.0. The summed E-state index contributed by atoms with van der Waals surface area (Å²) in [5.41, 5.74) is 2.94. The molecule has 2 heteroatoms. The van der Waals surface area contributed by atoms with Crippen molar-refractivity contribution in [1.29, 1.82) is 0 Å². The largest absolute Gasteiger partial charge is 0.496 e. The third-order valence-corrected chi connectivity index (χ3v) is 3.89. The number of nitrogens with one attached hydrogen (secondary N) is 1. The first-order valence-corrected chi connectivity index (χ1v) is 7.89. The van der Waals surface area contributed by atoms with Crippen molar-refractivity contribution in [3.63, 3.8) is 0 Å². The van der Waals surface area contributed by atoms with Gasteiger partial charge in [-0.15, -0.1) is 0 Å². The monoisotopic (exact) mass is 277 g/mol. The molecule has 0 bridgehead atoms. The van der Waals surface area contributed by atoms with Crippen LogP contribution >= 0.6 is 0 Å². The molecule has 0 heterocycles. The van der Waals surface area contributed by atoms with Crippen molar-refractivity contribution >= 4 is 0 Å². The van der Waals surface area contributed by atoms with Gasteiger partial charge in [0.1, 0.15) is 5.75 Å². The molecule has 0 saturated heterocycles. The number of aryl methyl sites for hydroxylation is 1. The molecule has 1 aromatic rings. The van der Waals surface area contributed by atoms with Crippen LogP contribution < -0.4 is 10.1 Å². The Balaban J connectivity index is 2.85. The van der Waals surface area contributed by atoms with Crippen molar-refractivity contribution in [2.75, 3.05) is 20.2 Å². The smallest absolute Gasteiger partial charge is 0.122 e. The Kier molecular flexibility index (Phi) is 7.08. The molecule has 0 radical (unpaired) electrons. The number of benzene rings is 1. The van der Waals surface area contributed by atoms with E-state index in [0.29, 0.717) is 5.41 Å². The van der Waals surface area contributed by atoms with Crippen molar-refractivity contribution in [1.82, 2.24) is 5.32 Å². The van der Waals surface area contributed by atoms with E-state index in [-0.39, 0.29) is 0 Å². The summed E-state index contributed by atoms with van der Waals surface area (Å²) >= 11 is 0. The molecule has 0 spiro atoms. The fourth-order valence-electron chi connectivity index (χ4n) is 2.92. The Morgan fingerprint density at radius 2 is 1.95 bits per heavy atom. The molecule has 0 aliphatic heterocycles. The van der Waals surface area contributed by atoms with Crippen LogP contribution in [0, 0.1) is 12.3 Å².